The van der Waals surface area contributed by atoms with E-state index < -0.39 is 0 Å². The Balaban J connectivity index is 2.13. The van der Waals surface area contributed by atoms with Crippen LogP contribution >= 0.6 is 11.6 Å². The number of hydrogen-bond donors (Lipinski definition) is 0. The fraction of sp³-hybridized carbons (Fsp3) is 0.200. The molecule has 0 spiro atoms. The van der Waals surface area contributed by atoms with Gasteiger partial charge in [-0.1, -0.05) is 18.2 Å². The quantitative estimate of drug-likeness (QED) is 0.732. The first-order valence-electron chi connectivity index (χ1n) is 5.88. The molecule has 0 saturated heterocycles. The first-order valence-corrected chi connectivity index (χ1v) is 6.41. The van der Waals surface area contributed by atoms with Gasteiger partial charge in [-0.05, 0) is 37.3 Å². The standard InChI is InChI=1S/C15H15ClO2/c1-2-17-13-7-9-14(10-8-13)18-15-6-4-3-5-12(15)11-16/h3-10H,2,11H2,1H3. The van der Waals surface area contributed by atoms with Crippen molar-refractivity contribution < 1.29 is 9.47 Å². The first-order chi connectivity index (χ1) is 8.83. The van der Waals surface area contributed by atoms with Crippen molar-refractivity contribution >= 4 is 11.6 Å². The molecule has 2 nitrogen and oxygen atoms in total. The zero-order valence-electron chi connectivity index (χ0n) is 10.2. The molecular formula is C15H15ClO2. The number of halogens is 1. The molecule has 2 rings (SSSR count). The lowest BCUT2D eigenvalue weighted by Crippen LogP contribution is -1.92. The Morgan fingerprint density at radius 1 is 0.944 bits per heavy atom. The van der Waals surface area contributed by atoms with Gasteiger partial charge in [0.2, 0.25) is 0 Å². The van der Waals surface area contributed by atoms with E-state index in [4.69, 9.17) is 21.1 Å². The topological polar surface area (TPSA) is 18.5 Å². The highest BCUT2D eigenvalue weighted by Crippen LogP contribution is 2.27. The normalized spacial score (nSPS) is 10.1. The summed E-state index contributed by atoms with van der Waals surface area (Å²) in [4.78, 5) is 0. The summed E-state index contributed by atoms with van der Waals surface area (Å²) in [6.45, 7) is 2.62. The zero-order chi connectivity index (χ0) is 12.8. The summed E-state index contributed by atoms with van der Waals surface area (Å²) in [5, 5.41) is 0. The van der Waals surface area contributed by atoms with Gasteiger partial charge in [-0.25, -0.2) is 0 Å². The van der Waals surface area contributed by atoms with Crippen LogP contribution in [-0.2, 0) is 5.88 Å². The van der Waals surface area contributed by atoms with Gasteiger partial charge >= 0.3 is 0 Å². The molecule has 0 heterocycles. The summed E-state index contributed by atoms with van der Waals surface area (Å²) in [5.74, 6) is 2.84. The zero-order valence-corrected chi connectivity index (χ0v) is 11.0. The van der Waals surface area contributed by atoms with Crippen molar-refractivity contribution in [3.05, 3.63) is 54.1 Å². The average Bonchev–Trinajstić information content (AvgIpc) is 2.42. The van der Waals surface area contributed by atoms with E-state index in [2.05, 4.69) is 0 Å². The van der Waals surface area contributed by atoms with Crippen molar-refractivity contribution in [3.8, 4) is 17.2 Å². The third-order valence-corrected chi connectivity index (χ3v) is 2.77. The molecule has 0 atom stereocenters. The van der Waals surface area contributed by atoms with Gasteiger partial charge in [0.25, 0.3) is 0 Å². The molecule has 0 radical (unpaired) electrons. The van der Waals surface area contributed by atoms with Crippen molar-refractivity contribution in [2.75, 3.05) is 6.61 Å². The monoisotopic (exact) mass is 262 g/mol. The second kappa shape index (κ2) is 6.31. The van der Waals surface area contributed by atoms with Crippen LogP contribution in [0.2, 0.25) is 0 Å². The molecule has 0 aromatic heterocycles. The fourth-order valence-corrected chi connectivity index (χ4v) is 1.83. The maximum absolute atomic E-state index is 5.86. The van der Waals surface area contributed by atoms with Crippen LogP contribution in [0.4, 0.5) is 0 Å². The van der Waals surface area contributed by atoms with Crippen LogP contribution < -0.4 is 9.47 Å². The van der Waals surface area contributed by atoms with Gasteiger partial charge in [-0.15, -0.1) is 11.6 Å². The Kier molecular flexibility index (Phi) is 4.48. The lowest BCUT2D eigenvalue weighted by Gasteiger charge is -2.10. The van der Waals surface area contributed by atoms with Crippen molar-refractivity contribution in [1.82, 2.24) is 0 Å². The van der Waals surface area contributed by atoms with Gasteiger partial charge in [0.15, 0.2) is 0 Å². The predicted octanol–water partition coefficient (Wildman–Crippen LogP) is 4.62. The molecular weight excluding hydrogens is 248 g/mol. The number of alkyl halides is 1. The molecule has 0 aliphatic carbocycles. The SMILES string of the molecule is CCOc1ccc(Oc2ccccc2CCl)cc1. The largest absolute Gasteiger partial charge is 0.494 e. The summed E-state index contributed by atoms with van der Waals surface area (Å²) in [6.07, 6.45) is 0. The maximum Gasteiger partial charge on any atom is 0.131 e. The highest BCUT2D eigenvalue weighted by Gasteiger charge is 2.03. The number of ether oxygens (including phenoxy) is 2. The van der Waals surface area contributed by atoms with Gasteiger partial charge in [-0.2, -0.15) is 0 Å². The van der Waals surface area contributed by atoms with Gasteiger partial charge in [0, 0.05) is 5.56 Å². The van der Waals surface area contributed by atoms with E-state index in [9.17, 15) is 0 Å². The van der Waals surface area contributed by atoms with E-state index in [1.807, 2.05) is 55.5 Å². The van der Waals surface area contributed by atoms with Crippen LogP contribution in [0.3, 0.4) is 0 Å². The highest BCUT2D eigenvalue weighted by atomic mass is 35.5. The summed E-state index contributed by atoms with van der Waals surface area (Å²) >= 11 is 5.86. The van der Waals surface area contributed by atoms with Crippen LogP contribution in [0.15, 0.2) is 48.5 Å². The predicted molar refractivity (Wildman–Crippen MR) is 73.7 cm³/mol. The molecule has 94 valence electrons. The molecule has 3 heteroatoms. The molecule has 0 amide bonds. The van der Waals surface area contributed by atoms with Crippen molar-refractivity contribution in [2.24, 2.45) is 0 Å². The fourth-order valence-electron chi connectivity index (χ4n) is 1.61. The van der Waals surface area contributed by atoms with E-state index in [-0.39, 0.29) is 0 Å². The second-order valence-corrected chi connectivity index (χ2v) is 4.02. The molecule has 2 aromatic carbocycles. The van der Waals surface area contributed by atoms with E-state index in [0.29, 0.717) is 12.5 Å². The van der Waals surface area contributed by atoms with Crippen LogP contribution in [0.1, 0.15) is 12.5 Å². The molecule has 0 aliphatic heterocycles. The van der Waals surface area contributed by atoms with E-state index >= 15 is 0 Å². The molecule has 0 fully saturated rings. The van der Waals surface area contributed by atoms with Crippen molar-refractivity contribution in [3.63, 3.8) is 0 Å². The average molecular weight is 263 g/mol. The minimum absolute atomic E-state index is 0.438. The molecule has 18 heavy (non-hydrogen) atoms. The number of rotatable bonds is 5. The van der Waals surface area contributed by atoms with Gasteiger partial charge < -0.3 is 9.47 Å². The minimum Gasteiger partial charge on any atom is -0.494 e. The smallest absolute Gasteiger partial charge is 0.131 e. The molecule has 0 unspecified atom stereocenters. The Hall–Kier alpha value is -1.67. The summed E-state index contributed by atoms with van der Waals surface area (Å²) in [5.41, 5.74) is 0.980. The van der Waals surface area contributed by atoms with Crippen molar-refractivity contribution in [1.29, 1.82) is 0 Å². The van der Waals surface area contributed by atoms with Gasteiger partial charge in [0.05, 0.1) is 12.5 Å². The Morgan fingerprint density at radius 3 is 2.28 bits per heavy atom. The Morgan fingerprint density at radius 2 is 1.61 bits per heavy atom. The Bertz CT molecular complexity index is 494. The van der Waals surface area contributed by atoms with Gasteiger partial charge in [0.1, 0.15) is 17.2 Å². The van der Waals surface area contributed by atoms with E-state index in [1.165, 1.54) is 0 Å². The van der Waals surface area contributed by atoms with Crippen LogP contribution in [0.5, 0.6) is 17.2 Å². The molecule has 0 N–H and O–H groups in total. The number of para-hydroxylation sites is 1. The van der Waals surface area contributed by atoms with Gasteiger partial charge in [-0.3, -0.25) is 0 Å². The Labute approximate surface area is 112 Å². The molecule has 2 aromatic rings. The minimum atomic E-state index is 0.438. The number of hydrogen-bond acceptors (Lipinski definition) is 2. The lowest BCUT2D eigenvalue weighted by molar-refractivity contribution is 0.339. The summed E-state index contributed by atoms with van der Waals surface area (Å²) in [6, 6.07) is 15.3. The van der Waals surface area contributed by atoms with Crippen LogP contribution in [-0.4, -0.2) is 6.61 Å². The third kappa shape index (κ3) is 3.17. The third-order valence-electron chi connectivity index (χ3n) is 2.48. The van der Waals surface area contributed by atoms with Crippen molar-refractivity contribution in [2.45, 2.75) is 12.8 Å². The van der Waals surface area contributed by atoms with E-state index in [1.54, 1.807) is 0 Å². The van der Waals surface area contributed by atoms with Crippen LogP contribution in [0, 0.1) is 0 Å². The lowest BCUT2D eigenvalue weighted by atomic mass is 10.2. The number of benzene rings is 2. The van der Waals surface area contributed by atoms with E-state index in [0.717, 1.165) is 22.8 Å². The molecule has 0 bridgehead atoms. The maximum atomic E-state index is 5.86. The molecule has 0 aliphatic rings. The highest BCUT2D eigenvalue weighted by molar-refractivity contribution is 6.17. The summed E-state index contributed by atoms with van der Waals surface area (Å²) < 4.78 is 11.2. The summed E-state index contributed by atoms with van der Waals surface area (Å²) in [7, 11) is 0. The first kappa shape index (κ1) is 12.8. The molecule has 0 saturated carbocycles. The second-order valence-electron chi connectivity index (χ2n) is 3.75. The van der Waals surface area contributed by atoms with Crippen LogP contribution in [0.25, 0.3) is 0 Å².